The van der Waals surface area contributed by atoms with Crippen LogP contribution in [0.5, 0.6) is 11.6 Å². The van der Waals surface area contributed by atoms with Gasteiger partial charge in [0.1, 0.15) is 17.1 Å². The highest BCUT2D eigenvalue weighted by molar-refractivity contribution is 5.95. The van der Waals surface area contributed by atoms with Crippen molar-refractivity contribution in [2.75, 3.05) is 59.0 Å². The fourth-order valence-corrected chi connectivity index (χ4v) is 7.65. The van der Waals surface area contributed by atoms with Gasteiger partial charge in [-0.1, -0.05) is 42.5 Å². The third-order valence-electron chi connectivity index (χ3n) is 10.4. The lowest BCUT2D eigenvalue weighted by atomic mass is 9.90. The Balaban J connectivity index is 0.00000523. The van der Waals surface area contributed by atoms with E-state index >= 15 is 0 Å². The molecule has 3 fully saturated rings. The summed E-state index contributed by atoms with van der Waals surface area (Å²) < 4.78 is 26.5. The smallest absolute Gasteiger partial charge is 0.254 e. The summed E-state index contributed by atoms with van der Waals surface area (Å²) in [6, 6.07) is 16.0. The molecule has 2 saturated heterocycles. The maximum atomic E-state index is 14.2. The zero-order chi connectivity index (χ0) is 35.9. The normalized spacial score (nSPS) is 20.3. The lowest BCUT2D eigenvalue weighted by molar-refractivity contribution is -0.138. The van der Waals surface area contributed by atoms with Crippen molar-refractivity contribution in [1.82, 2.24) is 24.6 Å². The van der Waals surface area contributed by atoms with Gasteiger partial charge in [-0.3, -0.25) is 24.3 Å². The van der Waals surface area contributed by atoms with E-state index in [-0.39, 0.29) is 47.9 Å². The number of rotatable bonds is 12. The SMILES string of the molecule is CC(C)N(C(=O)CN1CCN(Cc2ccc(-c3ccccc3)c(CN3CCOCC3)c2Oc2ncc(F)cc2C(N)=O)CC1)C1CCC(N)CC1.Cl. The molecule has 6 rings (SSSR count). The van der Waals surface area contributed by atoms with Gasteiger partial charge in [0, 0.05) is 81.6 Å². The largest absolute Gasteiger partial charge is 0.437 e. The Morgan fingerprint density at radius 1 is 0.942 bits per heavy atom. The number of carbonyl (C=O) groups is 2. The molecule has 0 bridgehead atoms. The van der Waals surface area contributed by atoms with Crippen LogP contribution in [0.3, 0.4) is 0 Å². The van der Waals surface area contributed by atoms with Crippen molar-refractivity contribution in [3.63, 3.8) is 0 Å². The van der Waals surface area contributed by atoms with Gasteiger partial charge in [0.25, 0.3) is 5.91 Å². The number of carbonyl (C=O) groups excluding carboxylic acids is 2. The number of piperazine rings is 1. The number of amides is 2. The van der Waals surface area contributed by atoms with Gasteiger partial charge in [-0.05, 0) is 56.7 Å². The van der Waals surface area contributed by atoms with Gasteiger partial charge < -0.3 is 25.8 Å². The first-order chi connectivity index (χ1) is 24.7. The van der Waals surface area contributed by atoms with Crippen molar-refractivity contribution in [2.45, 2.75) is 70.7 Å². The highest BCUT2D eigenvalue weighted by Gasteiger charge is 2.31. The van der Waals surface area contributed by atoms with Crippen LogP contribution in [0, 0.1) is 5.82 Å². The molecule has 282 valence electrons. The Kier molecular flexibility index (Phi) is 14.0. The van der Waals surface area contributed by atoms with Gasteiger partial charge >= 0.3 is 0 Å². The molecule has 4 N–H and O–H groups in total. The average Bonchev–Trinajstić information content (AvgIpc) is 3.12. The molecule has 0 atom stereocenters. The zero-order valence-corrected chi connectivity index (χ0v) is 31.2. The molecule has 1 saturated carbocycles. The Morgan fingerprint density at radius 3 is 2.25 bits per heavy atom. The zero-order valence-electron chi connectivity index (χ0n) is 30.3. The van der Waals surface area contributed by atoms with Crippen LogP contribution in [0.25, 0.3) is 11.1 Å². The van der Waals surface area contributed by atoms with Crippen molar-refractivity contribution >= 4 is 24.2 Å². The van der Waals surface area contributed by atoms with E-state index in [2.05, 4.69) is 62.7 Å². The van der Waals surface area contributed by atoms with E-state index in [0.29, 0.717) is 38.6 Å². The van der Waals surface area contributed by atoms with Gasteiger partial charge in [-0.15, -0.1) is 12.4 Å². The minimum atomic E-state index is -0.818. The van der Waals surface area contributed by atoms with E-state index < -0.39 is 11.7 Å². The monoisotopic (exact) mass is 737 g/mol. The molecule has 0 radical (unpaired) electrons. The average molecular weight is 738 g/mol. The molecule has 2 amide bonds. The molecule has 3 heterocycles. The van der Waals surface area contributed by atoms with Crippen molar-refractivity contribution in [1.29, 1.82) is 0 Å². The molecule has 0 spiro atoms. The van der Waals surface area contributed by atoms with Crippen LogP contribution in [0.15, 0.2) is 54.7 Å². The van der Waals surface area contributed by atoms with Crippen LogP contribution in [-0.4, -0.2) is 114 Å². The number of ether oxygens (including phenoxy) is 2. The van der Waals surface area contributed by atoms with Crippen LogP contribution in [-0.2, 0) is 22.6 Å². The van der Waals surface area contributed by atoms with Crippen LogP contribution >= 0.6 is 12.4 Å². The number of hydrogen-bond donors (Lipinski definition) is 2. The quantitative estimate of drug-likeness (QED) is 0.273. The number of halogens is 2. The molecule has 2 aliphatic heterocycles. The van der Waals surface area contributed by atoms with E-state index in [0.717, 1.165) is 99.5 Å². The molecule has 11 nitrogen and oxygen atoms in total. The minimum absolute atomic E-state index is 0. The molecule has 1 aromatic heterocycles. The molecular formula is C39H53ClFN7O4. The fraction of sp³-hybridized carbons (Fsp3) is 0.513. The first-order valence-electron chi connectivity index (χ1n) is 18.3. The molecule has 2 aromatic carbocycles. The molecule has 3 aromatic rings. The van der Waals surface area contributed by atoms with Crippen molar-refractivity contribution in [3.05, 3.63) is 77.2 Å². The molecular weight excluding hydrogens is 685 g/mol. The van der Waals surface area contributed by atoms with E-state index in [4.69, 9.17) is 20.9 Å². The summed E-state index contributed by atoms with van der Waals surface area (Å²) in [5.41, 5.74) is 15.6. The van der Waals surface area contributed by atoms with E-state index in [1.165, 1.54) is 0 Å². The number of aromatic nitrogens is 1. The standard InChI is InChI=1S/C39H52FN7O4.ClH/c1-27(2)47(32-11-9-31(41)10-12-32)36(48)26-45-16-14-44(15-17-45)24-29-8-13-33(28-6-4-3-5-7-28)35(25-46-18-20-50-21-19-46)37(29)51-39-34(38(42)49)22-30(40)23-43-39;/h3-8,13,22-23,27,31-32H,9-12,14-21,24-26,41H2,1-2H3,(H2,42,49);1H. The number of nitrogens with zero attached hydrogens (tertiary/aromatic N) is 5. The number of morpholine rings is 1. The minimum Gasteiger partial charge on any atom is -0.437 e. The van der Waals surface area contributed by atoms with Gasteiger partial charge in [0.05, 0.1) is 26.0 Å². The van der Waals surface area contributed by atoms with Crippen molar-refractivity contribution < 1.29 is 23.5 Å². The summed E-state index contributed by atoms with van der Waals surface area (Å²) in [5, 5.41) is 0. The Labute approximate surface area is 312 Å². The van der Waals surface area contributed by atoms with Gasteiger partial charge in [0.15, 0.2) is 0 Å². The highest BCUT2D eigenvalue weighted by Crippen LogP contribution is 2.39. The van der Waals surface area contributed by atoms with Crippen LogP contribution in [0.4, 0.5) is 4.39 Å². The van der Waals surface area contributed by atoms with E-state index in [1.54, 1.807) is 0 Å². The number of nitrogens with two attached hydrogens (primary N) is 2. The van der Waals surface area contributed by atoms with Gasteiger partial charge in [0.2, 0.25) is 11.8 Å². The molecule has 3 aliphatic rings. The summed E-state index contributed by atoms with van der Waals surface area (Å²) >= 11 is 0. The maximum absolute atomic E-state index is 14.2. The van der Waals surface area contributed by atoms with Gasteiger partial charge in [-0.2, -0.15) is 0 Å². The second-order valence-electron chi connectivity index (χ2n) is 14.3. The second-order valence-corrected chi connectivity index (χ2v) is 14.3. The number of primary amides is 1. The lowest BCUT2D eigenvalue weighted by Gasteiger charge is -2.41. The third kappa shape index (κ3) is 9.85. The summed E-state index contributed by atoms with van der Waals surface area (Å²) in [6.07, 6.45) is 4.90. The molecule has 13 heteroatoms. The predicted molar refractivity (Wildman–Crippen MR) is 202 cm³/mol. The fourth-order valence-electron chi connectivity index (χ4n) is 7.65. The molecule has 52 heavy (non-hydrogen) atoms. The molecule has 0 unspecified atom stereocenters. The second kappa shape index (κ2) is 18.4. The topological polar surface area (TPSA) is 130 Å². The number of pyridine rings is 1. The van der Waals surface area contributed by atoms with Crippen LogP contribution in [0.2, 0.25) is 0 Å². The summed E-state index contributed by atoms with van der Waals surface area (Å²) in [5.74, 6) is -0.741. The van der Waals surface area contributed by atoms with Crippen LogP contribution in [0.1, 0.15) is 61.0 Å². The number of hydrogen-bond acceptors (Lipinski definition) is 9. The lowest BCUT2D eigenvalue weighted by Crippen LogP contribution is -2.53. The Bertz CT molecular complexity index is 1640. The summed E-state index contributed by atoms with van der Waals surface area (Å²) in [7, 11) is 0. The molecule has 1 aliphatic carbocycles. The van der Waals surface area contributed by atoms with Gasteiger partial charge in [-0.25, -0.2) is 9.37 Å². The first kappa shape index (κ1) is 39.6. The number of benzene rings is 2. The van der Waals surface area contributed by atoms with Crippen molar-refractivity contribution in [2.24, 2.45) is 11.5 Å². The Morgan fingerprint density at radius 2 is 1.60 bits per heavy atom. The van der Waals surface area contributed by atoms with E-state index in [1.807, 2.05) is 18.2 Å². The maximum Gasteiger partial charge on any atom is 0.254 e. The third-order valence-corrected chi connectivity index (χ3v) is 10.4. The predicted octanol–water partition coefficient (Wildman–Crippen LogP) is 4.66. The Hall–Kier alpha value is -3.65. The van der Waals surface area contributed by atoms with Crippen LogP contribution < -0.4 is 16.2 Å². The summed E-state index contributed by atoms with van der Waals surface area (Å²) in [6.45, 7) is 11.7. The highest BCUT2D eigenvalue weighted by atomic mass is 35.5. The van der Waals surface area contributed by atoms with Crippen molar-refractivity contribution in [3.8, 4) is 22.8 Å². The van der Waals surface area contributed by atoms with E-state index in [9.17, 15) is 14.0 Å². The first-order valence-corrected chi connectivity index (χ1v) is 18.3. The summed E-state index contributed by atoms with van der Waals surface area (Å²) in [4.78, 5) is 39.2.